The molecule has 6 nitrogen and oxygen atoms in total. The first-order valence-corrected chi connectivity index (χ1v) is 12.4. The zero-order chi connectivity index (χ0) is 24.6. The largest absolute Gasteiger partial charge is 0.456 e. The number of amides is 1. The Morgan fingerprint density at radius 3 is 2.66 bits per heavy atom. The number of aromatic nitrogens is 1. The first-order valence-electron chi connectivity index (χ1n) is 12.0. The van der Waals surface area contributed by atoms with Crippen molar-refractivity contribution in [3.8, 4) is 11.3 Å². The Balaban J connectivity index is 1.32. The summed E-state index contributed by atoms with van der Waals surface area (Å²) in [5.41, 5.74) is 2.39. The number of carbonyl (C=O) groups is 1. The molecule has 35 heavy (non-hydrogen) atoms. The highest BCUT2D eigenvalue weighted by atomic mass is 35.5. The highest BCUT2D eigenvalue weighted by Crippen LogP contribution is 2.35. The third kappa shape index (κ3) is 5.44. The summed E-state index contributed by atoms with van der Waals surface area (Å²) >= 11 is 6.69. The van der Waals surface area contributed by atoms with Crippen molar-refractivity contribution in [2.45, 2.75) is 51.8 Å². The highest BCUT2D eigenvalue weighted by Gasteiger charge is 2.24. The average Bonchev–Trinajstić information content (AvgIpc) is 3.23. The zero-order valence-electron chi connectivity index (χ0n) is 20.3. The quantitative estimate of drug-likeness (QED) is 0.340. The summed E-state index contributed by atoms with van der Waals surface area (Å²) in [5.74, 6) is 0.798. The minimum Gasteiger partial charge on any atom is -0.456 e. The molecule has 3 heterocycles. The van der Waals surface area contributed by atoms with Gasteiger partial charge in [-0.3, -0.25) is 9.88 Å². The van der Waals surface area contributed by atoms with E-state index in [1.165, 1.54) is 0 Å². The Morgan fingerprint density at radius 2 is 1.91 bits per heavy atom. The molecule has 4 aromatic rings. The van der Waals surface area contributed by atoms with Crippen LogP contribution in [0, 0.1) is 0 Å². The predicted octanol–water partition coefficient (Wildman–Crippen LogP) is 6.79. The second-order valence-corrected chi connectivity index (χ2v) is 10.6. The van der Waals surface area contributed by atoms with Crippen molar-refractivity contribution >= 4 is 39.4 Å². The first-order chi connectivity index (χ1) is 16.7. The monoisotopic (exact) mass is 491 g/mol. The molecule has 1 aliphatic heterocycles. The Labute approximate surface area is 210 Å². The second-order valence-electron chi connectivity index (χ2n) is 10.2. The molecule has 2 aromatic carbocycles. The third-order valence-corrected chi connectivity index (χ3v) is 6.67. The molecular weight excluding hydrogens is 462 g/mol. The van der Waals surface area contributed by atoms with E-state index in [1.807, 2.05) is 63.5 Å². The molecule has 1 fully saturated rings. The predicted molar refractivity (Wildman–Crippen MR) is 140 cm³/mol. The van der Waals surface area contributed by atoms with Gasteiger partial charge in [-0.25, -0.2) is 4.79 Å². The number of alkyl carbamates (subject to hydrolysis) is 1. The van der Waals surface area contributed by atoms with Gasteiger partial charge in [0.1, 0.15) is 16.9 Å². The summed E-state index contributed by atoms with van der Waals surface area (Å²) < 4.78 is 11.5. The number of likely N-dealkylation sites (tertiary alicyclic amines) is 1. The van der Waals surface area contributed by atoms with Crippen LogP contribution < -0.4 is 5.32 Å². The number of pyridine rings is 1. The number of rotatable bonds is 4. The fourth-order valence-electron chi connectivity index (χ4n) is 4.62. The fraction of sp³-hybridized carbons (Fsp3) is 0.357. The van der Waals surface area contributed by atoms with Crippen molar-refractivity contribution in [1.82, 2.24) is 15.2 Å². The van der Waals surface area contributed by atoms with Gasteiger partial charge >= 0.3 is 6.09 Å². The maximum Gasteiger partial charge on any atom is 0.407 e. The summed E-state index contributed by atoms with van der Waals surface area (Å²) in [6, 6.07) is 14.3. The number of hydrogen-bond acceptors (Lipinski definition) is 5. The zero-order valence-corrected chi connectivity index (χ0v) is 21.1. The van der Waals surface area contributed by atoms with Gasteiger partial charge in [-0.05, 0) is 68.8 Å². The number of hydrogen-bond donors (Lipinski definition) is 1. The van der Waals surface area contributed by atoms with Gasteiger partial charge < -0.3 is 14.5 Å². The van der Waals surface area contributed by atoms with Crippen molar-refractivity contribution in [2.24, 2.45) is 0 Å². The van der Waals surface area contributed by atoms with Crippen molar-refractivity contribution in [3.05, 3.63) is 65.4 Å². The molecule has 0 aliphatic carbocycles. The molecule has 5 rings (SSSR count). The van der Waals surface area contributed by atoms with Crippen LogP contribution in [0.25, 0.3) is 33.1 Å². The third-order valence-electron chi connectivity index (χ3n) is 6.32. The van der Waals surface area contributed by atoms with Crippen molar-refractivity contribution < 1.29 is 13.9 Å². The SMILES string of the molecule is CC(C)(C)OC(=O)NC1CCN(Cc2cc3c(-c4cc5ccccc5o4)cncc3cc2Cl)CC1. The molecule has 0 unspecified atom stereocenters. The molecule has 1 aliphatic rings. The molecule has 0 spiro atoms. The molecular formula is C28H30ClN3O3. The van der Waals surface area contributed by atoms with E-state index in [0.717, 1.165) is 76.1 Å². The summed E-state index contributed by atoms with van der Waals surface area (Å²) in [6.07, 6.45) is 5.09. The van der Waals surface area contributed by atoms with Gasteiger partial charge in [-0.1, -0.05) is 29.8 Å². The summed E-state index contributed by atoms with van der Waals surface area (Å²) in [7, 11) is 0. The van der Waals surface area contributed by atoms with Gasteiger partial charge in [0.2, 0.25) is 0 Å². The minimum absolute atomic E-state index is 0.124. The molecule has 1 N–H and O–H groups in total. The summed E-state index contributed by atoms with van der Waals surface area (Å²) in [6.45, 7) is 8.12. The minimum atomic E-state index is -0.492. The number of nitrogens with one attached hydrogen (secondary N) is 1. The van der Waals surface area contributed by atoms with Crippen molar-refractivity contribution in [3.63, 3.8) is 0 Å². The molecule has 182 valence electrons. The van der Waals surface area contributed by atoms with Crippen LogP contribution in [0.3, 0.4) is 0 Å². The van der Waals surface area contributed by atoms with E-state index in [-0.39, 0.29) is 12.1 Å². The van der Waals surface area contributed by atoms with Crippen LogP contribution in [0.2, 0.25) is 5.02 Å². The number of halogens is 1. The normalized spacial score (nSPS) is 15.5. The molecule has 1 amide bonds. The van der Waals surface area contributed by atoms with Gasteiger partial charge in [-0.2, -0.15) is 0 Å². The molecule has 0 radical (unpaired) electrons. The molecule has 0 bridgehead atoms. The maximum atomic E-state index is 12.1. The Morgan fingerprint density at radius 1 is 1.14 bits per heavy atom. The van der Waals surface area contributed by atoms with Gasteiger partial charge in [0.15, 0.2) is 0 Å². The molecule has 0 atom stereocenters. The van der Waals surface area contributed by atoms with E-state index in [0.29, 0.717) is 0 Å². The number of ether oxygens (including phenoxy) is 1. The lowest BCUT2D eigenvalue weighted by Gasteiger charge is -2.33. The maximum absolute atomic E-state index is 12.1. The van der Waals surface area contributed by atoms with E-state index < -0.39 is 5.60 Å². The summed E-state index contributed by atoms with van der Waals surface area (Å²) in [5, 5.41) is 6.85. The van der Waals surface area contributed by atoms with Gasteiger partial charge in [0.05, 0.1) is 0 Å². The number of para-hydroxylation sites is 1. The topological polar surface area (TPSA) is 67.6 Å². The number of fused-ring (bicyclic) bond motifs is 2. The van der Waals surface area contributed by atoms with E-state index >= 15 is 0 Å². The van der Waals surface area contributed by atoms with Crippen LogP contribution in [0.15, 0.2) is 59.3 Å². The number of carbonyl (C=O) groups excluding carboxylic acids is 1. The lowest BCUT2D eigenvalue weighted by molar-refractivity contribution is 0.0477. The standard InChI is InChI=1S/C28H30ClN3O3/c1-28(2,3)35-27(33)31-21-8-10-32(11-9-21)17-20-12-22-19(13-24(20)29)15-30-16-23(22)26-14-18-6-4-5-7-25(18)34-26/h4-7,12-16,21H,8-11,17H2,1-3H3,(H,31,33). The second kappa shape index (κ2) is 9.51. The van der Waals surface area contributed by atoms with E-state index in [9.17, 15) is 4.79 Å². The Bertz CT molecular complexity index is 1330. The number of furan rings is 1. The summed E-state index contributed by atoms with van der Waals surface area (Å²) in [4.78, 5) is 18.9. The van der Waals surface area contributed by atoms with Gasteiger partial charge in [0, 0.05) is 59.4 Å². The van der Waals surface area contributed by atoms with Gasteiger partial charge in [-0.15, -0.1) is 0 Å². The van der Waals surface area contributed by atoms with Crippen LogP contribution in [-0.4, -0.2) is 40.7 Å². The van der Waals surface area contributed by atoms with Crippen LogP contribution >= 0.6 is 11.6 Å². The molecule has 1 saturated heterocycles. The average molecular weight is 492 g/mol. The number of nitrogens with zero attached hydrogens (tertiary/aromatic N) is 2. The van der Waals surface area contributed by atoms with Crippen LogP contribution in [0.5, 0.6) is 0 Å². The highest BCUT2D eigenvalue weighted by molar-refractivity contribution is 6.32. The molecule has 2 aromatic heterocycles. The Hall–Kier alpha value is -3.09. The lowest BCUT2D eigenvalue weighted by Crippen LogP contribution is -2.45. The van der Waals surface area contributed by atoms with E-state index in [4.69, 9.17) is 20.8 Å². The molecule has 7 heteroatoms. The molecule has 0 saturated carbocycles. The van der Waals surface area contributed by atoms with E-state index in [1.54, 1.807) is 0 Å². The van der Waals surface area contributed by atoms with Crippen LogP contribution in [-0.2, 0) is 11.3 Å². The first kappa shape index (κ1) is 23.6. The number of benzene rings is 2. The van der Waals surface area contributed by atoms with Crippen LogP contribution in [0.4, 0.5) is 4.79 Å². The Kier molecular flexibility index (Phi) is 6.43. The van der Waals surface area contributed by atoms with Crippen molar-refractivity contribution in [2.75, 3.05) is 13.1 Å². The number of piperidine rings is 1. The van der Waals surface area contributed by atoms with E-state index in [2.05, 4.69) is 27.3 Å². The van der Waals surface area contributed by atoms with Crippen molar-refractivity contribution in [1.29, 1.82) is 0 Å². The fourth-order valence-corrected chi connectivity index (χ4v) is 4.85. The van der Waals surface area contributed by atoms with Gasteiger partial charge in [0.25, 0.3) is 0 Å². The smallest absolute Gasteiger partial charge is 0.407 e. The lowest BCUT2D eigenvalue weighted by atomic mass is 10.0. The van der Waals surface area contributed by atoms with Crippen LogP contribution in [0.1, 0.15) is 39.2 Å².